The summed E-state index contributed by atoms with van der Waals surface area (Å²) >= 11 is 12.3. The van der Waals surface area contributed by atoms with Gasteiger partial charge in [-0.3, -0.25) is 14.5 Å². The maximum Gasteiger partial charge on any atom is 0.250 e. The van der Waals surface area contributed by atoms with Gasteiger partial charge in [-0.2, -0.15) is 0 Å². The Bertz CT molecular complexity index is 575. The molecule has 1 heterocycles. The van der Waals surface area contributed by atoms with Crippen LogP contribution in [0.5, 0.6) is 0 Å². The van der Waals surface area contributed by atoms with Gasteiger partial charge < -0.3 is 5.32 Å². The van der Waals surface area contributed by atoms with Crippen LogP contribution in [0.2, 0.25) is 10.0 Å². The van der Waals surface area contributed by atoms with E-state index in [0.717, 1.165) is 0 Å². The van der Waals surface area contributed by atoms with Crippen LogP contribution in [-0.4, -0.2) is 23.9 Å². The van der Waals surface area contributed by atoms with Crippen LogP contribution in [0, 0.1) is 5.92 Å². The number of nitrogens with one attached hydrogen (secondary N) is 1. The molecule has 1 aliphatic heterocycles. The highest BCUT2D eigenvalue weighted by Crippen LogP contribution is 2.35. The predicted molar refractivity (Wildman–Crippen MR) is 84.8 cm³/mol. The summed E-state index contributed by atoms with van der Waals surface area (Å²) < 4.78 is 0. The minimum absolute atomic E-state index is 0.000263. The Morgan fingerprint density at radius 3 is 2.52 bits per heavy atom. The molecule has 1 fully saturated rings. The summed E-state index contributed by atoms with van der Waals surface area (Å²) in [7, 11) is 0. The summed E-state index contributed by atoms with van der Waals surface area (Å²) in [5, 5.41) is 3.45. The van der Waals surface area contributed by atoms with Gasteiger partial charge in [0.05, 0.1) is 15.7 Å². The third kappa shape index (κ3) is 2.87. The average molecular weight is 329 g/mol. The monoisotopic (exact) mass is 328 g/mol. The number of hydrogen-bond donors (Lipinski definition) is 1. The fourth-order valence-corrected chi connectivity index (χ4v) is 2.90. The predicted octanol–water partition coefficient (Wildman–Crippen LogP) is 3.26. The van der Waals surface area contributed by atoms with Gasteiger partial charge in [-0.1, -0.05) is 50.0 Å². The molecule has 114 valence electrons. The number of halogens is 2. The average Bonchev–Trinajstić information content (AvgIpc) is 2.43. The molecule has 1 aromatic carbocycles. The number of nitrogens with zero attached hydrogens (tertiary/aromatic N) is 1. The van der Waals surface area contributed by atoms with Crippen molar-refractivity contribution < 1.29 is 9.59 Å². The molecule has 1 aromatic rings. The number of hydrogen-bond acceptors (Lipinski definition) is 2. The molecule has 0 aliphatic carbocycles. The Morgan fingerprint density at radius 2 is 1.95 bits per heavy atom. The number of carbonyl (C=O) groups is 2. The molecular weight excluding hydrogens is 311 g/mol. The van der Waals surface area contributed by atoms with Crippen molar-refractivity contribution >= 4 is 40.7 Å². The zero-order valence-electron chi connectivity index (χ0n) is 12.2. The summed E-state index contributed by atoms with van der Waals surface area (Å²) in [5.41, 5.74) is 0.488. The van der Waals surface area contributed by atoms with Crippen molar-refractivity contribution in [2.45, 2.75) is 39.3 Å². The summed E-state index contributed by atoms with van der Waals surface area (Å²) in [6.07, 6.45) is 0.505. The van der Waals surface area contributed by atoms with Gasteiger partial charge in [-0.15, -0.1) is 0 Å². The Kier molecular flexibility index (Phi) is 4.79. The molecule has 0 spiro atoms. The lowest BCUT2D eigenvalue weighted by atomic mass is 9.96. The number of anilines is 1. The van der Waals surface area contributed by atoms with Crippen LogP contribution in [0.1, 0.15) is 27.2 Å². The summed E-state index contributed by atoms with van der Waals surface area (Å²) in [6.45, 7) is 5.65. The molecule has 0 saturated carbocycles. The first-order valence-corrected chi connectivity index (χ1v) is 7.71. The van der Waals surface area contributed by atoms with Crippen LogP contribution in [0.15, 0.2) is 18.2 Å². The van der Waals surface area contributed by atoms with E-state index in [9.17, 15) is 9.59 Å². The molecule has 2 atom stereocenters. The van der Waals surface area contributed by atoms with Crippen molar-refractivity contribution in [3.05, 3.63) is 28.2 Å². The van der Waals surface area contributed by atoms with Gasteiger partial charge in [0.25, 0.3) is 5.91 Å². The minimum Gasteiger partial charge on any atom is -0.342 e. The van der Waals surface area contributed by atoms with E-state index in [1.807, 2.05) is 20.8 Å². The summed E-state index contributed by atoms with van der Waals surface area (Å²) in [5.74, 6) is -0.313. The van der Waals surface area contributed by atoms with Crippen LogP contribution in [0.25, 0.3) is 0 Å². The first-order valence-electron chi connectivity index (χ1n) is 6.96. The van der Waals surface area contributed by atoms with Gasteiger partial charge in [-0.05, 0) is 24.5 Å². The molecule has 2 unspecified atom stereocenters. The molecule has 0 bridgehead atoms. The molecule has 1 aliphatic rings. The summed E-state index contributed by atoms with van der Waals surface area (Å²) in [4.78, 5) is 26.5. The Labute approximate surface area is 134 Å². The van der Waals surface area contributed by atoms with E-state index >= 15 is 0 Å². The SMILES string of the molecule is CCC1C(=O)NC(C(C)C)C(=O)N1c1cccc(Cl)c1Cl. The molecule has 4 nitrogen and oxygen atoms in total. The lowest BCUT2D eigenvalue weighted by molar-refractivity contribution is -0.134. The molecule has 0 aromatic heterocycles. The normalized spacial score (nSPS) is 22.7. The van der Waals surface area contributed by atoms with E-state index in [0.29, 0.717) is 22.2 Å². The second-order valence-electron chi connectivity index (χ2n) is 5.44. The van der Waals surface area contributed by atoms with E-state index < -0.39 is 12.1 Å². The van der Waals surface area contributed by atoms with Crippen LogP contribution < -0.4 is 10.2 Å². The second kappa shape index (κ2) is 6.24. The molecule has 1 N–H and O–H groups in total. The molecule has 1 saturated heterocycles. The van der Waals surface area contributed by atoms with Crippen molar-refractivity contribution in [2.75, 3.05) is 4.90 Å². The highest BCUT2D eigenvalue weighted by Gasteiger charge is 2.42. The van der Waals surface area contributed by atoms with Gasteiger partial charge in [0, 0.05) is 0 Å². The first kappa shape index (κ1) is 16.1. The first-order chi connectivity index (χ1) is 9.88. The number of benzene rings is 1. The standard InChI is InChI=1S/C15H18Cl2N2O2/c1-4-10-14(20)18-13(8(2)3)15(21)19(10)11-7-5-6-9(16)12(11)17/h5-8,10,13H,4H2,1-3H3,(H,18,20). The molecule has 2 rings (SSSR count). The van der Waals surface area contributed by atoms with Crippen molar-refractivity contribution in [1.29, 1.82) is 0 Å². The maximum absolute atomic E-state index is 12.8. The topological polar surface area (TPSA) is 49.4 Å². The quantitative estimate of drug-likeness (QED) is 0.925. The number of carbonyl (C=O) groups excluding carboxylic acids is 2. The number of amides is 2. The minimum atomic E-state index is -0.566. The third-order valence-electron chi connectivity index (χ3n) is 3.66. The van der Waals surface area contributed by atoms with E-state index in [1.54, 1.807) is 18.2 Å². The fraction of sp³-hybridized carbons (Fsp3) is 0.467. The van der Waals surface area contributed by atoms with Crippen LogP contribution in [-0.2, 0) is 9.59 Å². The van der Waals surface area contributed by atoms with Crippen molar-refractivity contribution in [1.82, 2.24) is 5.32 Å². The van der Waals surface area contributed by atoms with Gasteiger partial charge in [0.2, 0.25) is 5.91 Å². The van der Waals surface area contributed by atoms with Gasteiger partial charge >= 0.3 is 0 Å². The maximum atomic E-state index is 12.8. The van der Waals surface area contributed by atoms with Crippen LogP contribution in [0.4, 0.5) is 5.69 Å². The van der Waals surface area contributed by atoms with Crippen molar-refractivity contribution in [3.8, 4) is 0 Å². The number of rotatable bonds is 3. The van der Waals surface area contributed by atoms with Gasteiger partial charge in [-0.25, -0.2) is 0 Å². The zero-order chi connectivity index (χ0) is 15.7. The lowest BCUT2D eigenvalue weighted by Gasteiger charge is -2.40. The Balaban J connectivity index is 2.52. The van der Waals surface area contributed by atoms with Crippen molar-refractivity contribution in [2.24, 2.45) is 5.92 Å². The largest absolute Gasteiger partial charge is 0.342 e. The lowest BCUT2D eigenvalue weighted by Crippen LogP contribution is -2.65. The Hall–Kier alpha value is -1.26. The van der Waals surface area contributed by atoms with Crippen molar-refractivity contribution in [3.63, 3.8) is 0 Å². The van der Waals surface area contributed by atoms with Crippen LogP contribution in [0.3, 0.4) is 0 Å². The second-order valence-corrected chi connectivity index (χ2v) is 6.22. The highest BCUT2D eigenvalue weighted by atomic mass is 35.5. The summed E-state index contributed by atoms with van der Waals surface area (Å²) in [6, 6.07) is 3.98. The smallest absolute Gasteiger partial charge is 0.250 e. The van der Waals surface area contributed by atoms with Crippen LogP contribution >= 0.6 is 23.2 Å². The molecule has 6 heteroatoms. The van der Waals surface area contributed by atoms with E-state index in [-0.39, 0.29) is 17.7 Å². The molecule has 2 amide bonds. The van der Waals surface area contributed by atoms with Gasteiger partial charge in [0.1, 0.15) is 12.1 Å². The third-order valence-corrected chi connectivity index (χ3v) is 4.47. The van der Waals surface area contributed by atoms with E-state index in [4.69, 9.17) is 23.2 Å². The molecular formula is C15H18Cl2N2O2. The van der Waals surface area contributed by atoms with Gasteiger partial charge in [0.15, 0.2) is 0 Å². The Morgan fingerprint density at radius 1 is 1.29 bits per heavy atom. The number of piperazine rings is 1. The van der Waals surface area contributed by atoms with E-state index in [2.05, 4.69) is 5.32 Å². The zero-order valence-corrected chi connectivity index (χ0v) is 13.7. The highest BCUT2D eigenvalue weighted by molar-refractivity contribution is 6.44. The van der Waals surface area contributed by atoms with E-state index in [1.165, 1.54) is 4.90 Å². The molecule has 0 radical (unpaired) electrons. The fourth-order valence-electron chi connectivity index (χ4n) is 2.52. The molecule has 21 heavy (non-hydrogen) atoms.